The number of carbonyl (C=O) groups is 1. The van der Waals surface area contributed by atoms with Crippen LogP contribution >= 0.6 is 0 Å². The fraction of sp³-hybridized carbons (Fsp3) is 0.625. The monoisotopic (exact) mass is 342 g/mol. The minimum Gasteiger partial charge on any atom is -0.354 e. The van der Waals surface area contributed by atoms with Crippen LogP contribution in [-0.4, -0.2) is 69.1 Å². The van der Waals surface area contributed by atoms with E-state index in [1.165, 1.54) is 0 Å². The minimum atomic E-state index is -0.0649. The highest BCUT2D eigenvalue weighted by Gasteiger charge is 2.43. The number of aryl methyl sites for hydroxylation is 1. The third-order valence-electron chi connectivity index (χ3n) is 5.71. The predicted octanol–water partition coefficient (Wildman–Crippen LogP) is -0.876. The Morgan fingerprint density at radius 3 is 2.68 bits per heavy atom. The Bertz CT molecular complexity index is 800. The smallest absolute Gasteiger partial charge is 0.241 e. The molecule has 132 valence electrons. The van der Waals surface area contributed by atoms with Crippen molar-refractivity contribution >= 4 is 22.9 Å². The fourth-order valence-corrected chi connectivity index (χ4v) is 4.40. The van der Waals surface area contributed by atoms with E-state index in [1.54, 1.807) is 12.7 Å². The van der Waals surface area contributed by atoms with Crippen LogP contribution < -0.4 is 15.8 Å². The molecular weight excluding hydrogens is 320 g/mol. The average Bonchev–Trinajstić information content (AvgIpc) is 3.37. The second-order valence-electron chi connectivity index (χ2n) is 7.31. The molecule has 0 saturated carbocycles. The van der Waals surface area contributed by atoms with Gasteiger partial charge >= 0.3 is 0 Å². The molecule has 3 aliphatic heterocycles. The Labute approximate surface area is 145 Å². The lowest BCUT2D eigenvalue weighted by Gasteiger charge is -2.24. The summed E-state index contributed by atoms with van der Waals surface area (Å²) in [6.07, 6.45) is 4.26. The first kappa shape index (κ1) is 15.0. The van der Waals surface area contributed by atoms with Crippen molar-refractivity contribution in [1.82, 2.24) is 35.3 Å². The lowest BCUT2D eigenvalue weighted by molar-refractivity contribution is -0.132. The number of carbonyl (C=O) groups excluding carboxylic acids is 1. The summed E-state index contributed by atoms with van der Waals surface area (Å²) in [4.78, 5) is 30.2. The van der Waals surface area contributed by atoms with Gasteiger partial charge in [0.1, 0.15) is 12.4 Å². The summed E-state index contributed by atoms with van der Waals surface area (Å²) in [5, 5.41) is 0. The Morgan fingerprint density at radius 1 is 1.16 bits per heavy atom. The number of amides is 1. The zero-order valence-corrected chi connectivity index (χ0v) is 14.2. The van der Waals surface area contributed by atoms with E-state index in [1.807, 2.05) is 16.5 Å². The lowest BCUT2D eigenvalue weighted by Crippen LogP contribution is -2.45. The number of hydrazine groups is 1. The van der Waals surface area contributed by atoms with Crippen molar-refractivity contribution in [3.05, 3.63) is 12.7 Å². The number of nitrogens with zero attached hydrogens (tertiary/aromatic N) is 6. The van der Waals surface area contributed by atoms with Gasteiger partial charge in [0.2, 0.25) is 5.91 Å². The average molecular weight is 342 g/mol. The summed E-state index contributed by atoms with van der Waals surface area (Å²) in [7, 11) is 1.94. The normalized spacial score (nSPS) is 28.9. The van der Waals surface area contributed by atoms with Gasteiger partial charge in [0, 0.05) is 51.6 Å². The molecule has 2 aromatic rings. The summed E-state index contributed by atoms with van der Waals surface area (Å²) >= 11 is 0. The first-order valence-corrected chi connectivity index (χ1v) is 8.85. The molecule has 9 nitrogen and oxygen atoms in total. The van der Waals surface area contributed by atoms with Crippen LogP contribution in [0, 0.1) is 11.8 Å². The fourth-order valence-electron chi connectivity index (χ4n) is 4.40. The molecule has 5 rings (SSSR count). The van der Waals surface area contributed by atoms with Crippen molar-refractivity contribution in [3.8, 4) is 0 Å². The van der Waals surface area contributed by atoms with Gasteiger partial charge in [0.25, 0.3) is 0 Å². The van der Waals surface area contributed by atoms with Crippen LogP contribution in [0.1, 0.15) is 6.42 Å². The summed E-state index contributed by atoms with van der Waals surface area (Å²) in [5.41, 5.74) is 7.84. The van der Waals surface area contributed by atoms with Gasteiger partial charge < -0.3 is 14.4 Å². The summed E-state index contributed by atoms with van der Waals surface area (Å²) in [5.74, 6) is 2.17. The highest BCUT2D eigenvalue weighted by molar-refractivity contribution is 5.84. The molecule has 3 fully saturated rings. The van der Waals surface area contributed by atoms with Crippen molar-refractivity contribution < 1.29 is 4.79 Å². The van der Waals surface area contributed by atoms with Crippen molar-refractivity contribution in [2.75, 3.05) is 37.6 Å². The summed E-state index contributed by atoms with van der Waals surface area (Å²) in [6, 6.07) is -0.0649. The molecule has 3 atom stereocenters. The largest absolute Gasteiger partial charge is 0.354 e. The number of imidazole rings is 1. The molecule has 0 bridgehead atoms. The molecule has 2 N–H and O–H groups in total. The molecule has 3 saturated heterocycles. The van der Waals surface area contributed by atoms with Crippen LogP contribution in [0.25, 0.3) is 11.2 Å². The lowest BCUT2D eigenvalue weighted by atomic mass is 10.0. The van der Waals surface area contributed by atoms with Crippen LogP contribution in [-0.2, 0) is 11.8 Å². The highest BCUT2D eigenvalue weighted by Crippen LogP contribution is 2.35. The molecule has 1 amide bonds. The quantitative estimate of drug-likeness (QED) is 0.733. The number of aromatic nitrogens is 4. The molecule has 0 radical (unpaired) electrons. The van der Waals surface area contributed by atoms with Gasteiger partial charge in [0.15, 0.2) is 17.0 Å². The topological polar surface area (TPSA) is 91.2 Å². The number of hydrogen-bond acceptors (Lipinski definition) is 7. The highest BCUT2D eigenvalue weighted by atomic mass is 16.2. The van der Waals surface area contributed by atoms with E-state index in [4.69, 9.17) is 0 Å². The van der Waals surface area contributed by atoms with E-state index in [9.17, 15) is 4.79 Å². The van der Waals surface area contributed by atoms with Gasteiger partial charge in [0.05, 0.1) is 6.33 Å². The number of rotatable bonds is 2. The van der Waals surface area contributed by atoms with Crippen LogP contribution in [0.15, 0.2) is 12.7 Å². The molecule has 3 unspecified atom stereocenters. The van der Waals surface area contributed by atoms with Crippen LogP contribution in [0.4, 0.5) is 5.82 Å². The van der Waals surface area contributed by atoms with Crippen molar-refractivity contribution in [3.63, 3.8) is 0 Å². The molecule has 3 aliphatic rings. The van der Waals surface area contributed by atoms with E-state index in [0.717, 1.165) is 56.1 Å². The summed E-state index contributed by atoms with van der Waals surface area (Å²) in [6.45, 7) is 4.39. The molecular formula is C16H22N8O. The van der Waals surface area contributed by atoms with E-state index >= 15 is 0 Å². The zero-order chi connectivity index (χ0) is 17.0. The first-order chi connectivity index (χ1) is 12.2. The van der Waals surface area contributed by atoms with Gasteiger partial charge in [-0.25, -0.2) is 20.4 Å². The summed E-state index contributed by atoms with van der Waals surface area (Å²) < 4.78 is 1.92. The number of anilines is 1. The van der Waals surface area contributed by atoms with Gasteiger partial charge in [-0.05, 0) is 6.42 Å². The molecule has 0 spiro atoms. The predicted molar refractivity (Wildman–Crippen MR) is 91.6 cm³/mol. The Morgan fingerprint density at radius 2 is 1.96 bits per heavy atom. The SMILES string of the molecule is Cn1cnc2c(N3CC4CN(C(=O)C5CCNN5)CC4C3)ncnc21. The molecule has 2 aromatic heterocycles. The third kappa shape index (κ3) is 2.37. The number of likely N-dealkylation sites (tertiary alicyclic amines) is 1. The molecule has 5 heterocycles. The van der Waals surface area contributed by atoms with Crippen LogP contribution in [0.5, 0.6) is 0 Å². The number of hydrogen-bond donors (Lipinski definition) is 2. The van der Waals surface area contributed by atoms with Crippen molar-refractivity contribution in [2.45, 2.75) is 12.5 Å². The maximum atomic E-state index is 12.6. The Balaban J connectivity index is 1.31. The van der Waals surface area contributed by atoms with Gasteiger partial charge in [-0.1, -0.05) is 0 Å². The van der Waals surface area contributed by atoms with Crippen molar-refractivity contribution in [2.24, 2.45) is 18.9 Å². The number of fused-ring (bicyclic) bond motifs is 2. The van der Waals surface area contributed by atoms with Crippen LogP contribution in [0.3, 0.4) is 0 Å². The molecule has 0 aromatic carbocycles. The van der Waals surface area contributed by atoms with E-state index in [0.29, 0.717) is 11.8 Å². The number of nitrogens with one attached hydrogen (secondary N) is 2. The molecule has 0 aliphatic carbocycles. The van der Waals surface area contributed by atoms with Gasteiger partial charge in [-0.3, -0.25) is 10.2 Å². The van der Waals surface area contributed by atoms with Gasteiger partial charge in [-0.2, -0.15) is 0 Å². The maximum Gasteiger partial charge on any atom is 0.241 e. The minimum absolute atomic E-state index is 0.0649. The first-order valence-electron chi connectivity index (χ1n) is 8.85. The zero-order valence-electron chi connectivity index (χ0n) is 14.2. The van der Waals surface area contributed by atoms with Gasteiger partial charge in [-0.15, -0.1) is 0 Å². The van der Waals surface area contributed by atoms with E-state index < -0.39 is 0 Å². The molecule has 9 heteroatoms. The second kappa shape index (κ2) is 5.63. The Kier molecular flexibility index (Phi) is 3.39. The van der Waals surface area contributed by atoms with E-state index in [-0.39, 0.29) is 11.9 Å². The van der Waals surface area contributed by atoms with Crippen LogP contribution in [0.2, 0.25) is 0 Å². The second-order valence-corrected chi connectivity index (χ2v) is 7.31. The third-order valence-corrected chi connectivity index (χ3v) is 5.71. The molecule has 25 heavy (non-hydrogen) atoms. The maximum absolute atomic E-state index is 12.6. The van der Waals surface area contributed by atoms with Crippen molar-refractivity contribution in [1.29, 1.82) is 0 Å². The van der Waals surface area contributed by atoms with E-state index in [2.05, 4.69) is 30.7 Å². The Hall–Kier alpha value is -2.26. The standard InChI is InChI=1S/C16H22N8O/c1-22-9-19-13-14(22)17-8-18-15(13)23-4-10-6-24(7-11(10)5-23)16(25)12-2-3-20-21-12/h8-12,20-21H,2-7H2,1H3.